The number of carbonyl (C=O) groups excluding carboxylic acids is 2. The molecule has 2 amide bonds. The summed E-state index contributed by atoms with van der Waals surface area (Å²) >= 11 is 0. The molecule has 1 aromatic carbocycles. The van der Waals surface area contributed by atoms with Crippen LogP contribution in [0.4, 0.5) is 15.8 Å². The van der Waals surface area contributed by atoms with Crippen LogP contribution in [0.3, 0.4) is 0 Å². The fourth-order valence-corrected chi connectivity index (χ4v) is 4.13. The monoisotopic (exact) mass is 413 g/mol. The first-order chi connectivity index (χ1) is 14.4. The number of hydrogen-bond donors (Lipinski definition) is 2. The summed E-state index contributed by atoms with van der Waals surface area (Å²) in [5.41, 5.74) is 1.84. The molecule has 1 aromatic heterocycles. The number of aryl methyl sites for hydroxylation is 1. The van der Waals surface area contributed by atoms with E-state index in [1.54, 1.807) is 4.68 Å². The van der Waals surface area contributed by atoms with E-state index < -0.39 is 11.7 Å². The lowest BCUT2D eigenvalue weighted by molar-refractivity contribution is -0.118. The second kappa shape index (κ2) is 8.55. The van der Waals surface area contributed by atoms with Crippen molar-refractivity contribution in [3.63, 3.8) is 0 Å². The number of benzene rings is 1. The third kappa shape index (κ3) is 4.53. The third-order valence-corrected chi connectivity index (χ3v) is 5.98. The molecule has 2 aliphatic rings. The van der Waals surface area contributed by atoms with Crippen molar-refractivity contribution in [2.24, 2.45) is 7.05 Å². The molecule has 8 heteroatoms. The van der Waals surface area contributed by atoms with Crippen LogP contribution in [0.15, 0.2) is 24.4 Å². The number of likely N-dealkylation sites (tertiary alicyclic amines) is 1. The van der Waals surface area contributed by atoms with Crippen molar-refractivity contribution in [3.05, 3.63) is 41.5 Å². The van der Waals surface area contributed by atoms with Crippen molar-refractivity contribution < 1.29 is 14.0 Å². The summed E-state index contributed by atoms with van der Waals surface area (Å²) in [7, 11) is 1.81. The molecule has 1 atom stereocenters. The summed E-state index contributed by atoms with van der Waals surface area (Å²) in [5.74, 6) is -0.751. The van der Waals surface area contributed by atoms with Crippen LogP contribution in [0.5, 0.6) is 0 Å². The predicted octanol–water partition coefficient (Wildman–Crippen LogP) is 3.50. The van der Waals surface area contributed by atoms with Crippen molar-refractivity contribution in [3.8, 4) is 0 Å². The van der Waals surface area contributed by atoms with Gasteiger partial charge in [0.1, 0.15) is 5.82 Å². The normalized spacial score (nSPS) is 19.5. The summed E-state index contributed by atoms with van der Waals surface area (Å²) in [6, 6.07) is 4.59. The van der Waals surface area contributed by atoms with E-state index in [9.17, 15) is 14.0 Å². The van der Waals surface area contributed by atoms with Gasteiger partial charge in [-0.15, -0.1) is 0 Å². The first kappa shape index (κ1) is 20.5. The molecule has 0 bridgehead atoms. The van der Waals surface area contributed by atoms with E-state index in [4.69, 9.17) is 0 Å². The molecule has 1 saturated heterocycles. The van der Waals surface area contributed by atoms with Gasteiger partial charge in [0, 0.05) is 24.7 Å². The Hall–Kier alpha value is -2.74. The van der Waals surface area contributed by atoms with Gasteiger partial charge in [-0.3, -0.25) is 19.2 Å². The van der Waals surface area contributed by atoms with Crippen molar-refractivity contribution in [2.45, 2.75) is 51.0 Å². The highest BCUT2D eigenvalue weighted by molar-refractivity contribution is 6.05. The molecule has 4 rings (SSSR count). The molecule has 30 heavy (non-hydrogen) atoms. The van der Waals surface area contributed by atoms with Gasteiger partial charge in [-0.1, -0.05) is 6.42 Å². The molecule has 2 fully saturated rings. The fourth-order valence-electron chi connectivity index (χ4n) is 4.13. The molecule has 2 heterocycles. The maximum Gasteiger partial charge on any atom is 0.259 e. The summed E-state index contributed by atoms with van der Waals surface area (Å²) in [6.07, 6.45) is 6.97. The molecule has 1 aliphatic heterocycles. The Morgan fingerprint density at radius 2 is 2.00 bits per heavy atom. The lowest BCUT2D eigenvalue weighted by Gasteiger charge is -2.32. The van der Waals surface area contributed by atoms with Gasteiger partial charge in [-0.25, -0.2) is 4.39 Å². The molecule has 0 radical (unpaired) electrons. The second-order valence-corrected chi connectivity index (χ2v) is 8.35. The largest absolute Gasteiger partial charge is 0.325 e. The maximum atomic E-state index is 14.3. The third-order valence-electron chi connectivity index (χ3n) is 5.98. The van der Waals surface area contributed by atoms with Gasteiger partial charge in [-0.05, 0) is 57.4 Å². The van der Waals surface area contributed by atoms with Crippen molar-refractivity contribution in [1.82, 2.24) is 14.7 Å². The van der Waals surface area contributed by atoms with E-state index >= 15 is 0 Å². The molecule has 7 nitrogen and oxygen atoms in total. The summed E-state index contributed by atoms with van der Waals surface area (Å²) in [6.45, 7) is 3.35. The molecular formula is C22H28FN5O2. The number of nitrogens with zero attached hydrogens (tertiary/aromatic N) is 3. The molecule has 1 saturated carbocycles. The van der Waals surface area contributed by atoms with Crippen LogP contribution in [-0.4, -0.2) is 45.6 Å². The maximum absolute atomic E-state index is 14.3. The zero-order chi connectivity index (χ0) is 21.3. The second-order valence-electron chi connectivity index (χ2n) is 8.35. The van der Waals surface area contributed by atoms with Crippen molar-refractivity contribution >= 4 is 23.2 Å². The number of halogens is 1. The quantitative estimate of drug-likeness (QED) is 0.760. The highest BCUT2D eigenvalue weighted by Gasteiger charge is 2.31. The van der Waals surface area contributed by atoms with E-state index in [0.717, 1.165) is 37.9 Å². The summed E-state index contributed by atoms with van der Waals surface area (Å²) < 4.78 is 16.0. The van der Waals surface area contributed by atoms with E-state index in [-0.39, 0.29) is 11.6 Å². The first-order valence-electron chi connectivity index (χ1n) is 10.6. The fraction of sp³-hybridized carbons (Fsp3) is 0.500. The van der Waals surface area contributed by atoms with Crippen LogP contribution in [0.1, 0.15) is 61.0 Å². The Balaban J connectivity index is 1.43. The zero-order valence-corrected chi connectivity index (χ0v) is 17.4. The average Bonchev–Trinajstić information content (AvgIpc) is 3.47. The number of hydrogen-bond acceptors (Lipinski definition) is 4. The Kier molecular flexibility index (Phi) is 5.85. The van der Waals surface area contributed by atoms with Gasteiger partial charge in [0.2, 0.25) is 5.91 Å². The van der Waals surface area contributed by atoms with E-state index in [2.05, 4.69) is 27.6 Å². The summed E-state index contributed by atoms with van der Waals surface area (Å²) in [5, 5.41) is 9.64. The van der Waals surface area contributed by atoms with Crippen LogP contribution in [0.2, 0.25) is 0 Å². The number of nitrogens with one attached hydrogen (secondary N) is 2. The highest BCUT2D eigenvalue weighted by Crippen LogP contribution is 2.41. The van der Waals surface area contributed by atoms with Gasteiger partial charge >= 0.3 is 0 Å². The van der Waals surface area contributed by atoms with E-state index in [0.29, 0.717) is 29.8 Å². The minimum Gasteiger partial charge on any atom is -0.325 e. The van der Waals surface area contributed by atoms with Crippen LogP contribution < -0.4 is 10.6 Å². The van der Waals surface area contributed by atoms with Crippen LogP contribution in [0.25, 0.3) is 0 Å². The Morgan fingerprint density at radius 1 is 1.20 bits per heavy atom. The SMILES string of the molecule is CC1CCCCN1CC(=O)Nc1ccc(F)c(NC(=O)c2cnn(C)c2C2CC2)c1. The summed E-state index contributed by atoms with van der Waals surface area (Å²) in [4.78, 5) is 27.3. The molecule has 1 aliphatic carbocycles. The van der Waals surface area contributed by atoms with Crippen LogP contribution in [0, 0.1) is 5.82 Å². The van der Waals surface area contributed by atoms with Crippen molar-refractivity contribution in [1.29, 1.82) is 0 Å². The Bertz CT molecular complexity index is 953. The number of aromatic nitrogens is 2. The van der Waals surface area contributed by atoms with E-state index in [1.807, 2.05) is 7.05 Å². The van der Waals surface area contributed by atoms with Gasteiger partial charge in [-0.2, -0.15) is 5.10 Å². The molecular weight excluding hydrogens is 385 g/mol. The minimum absolute atomic E-state index is 0.0368. The van der Waals surface area contributed by atoms with Crippen LogP contribution in [-0.2, 0) is 11.8 Å². The lowest BCUT2D eigenvalue weighted by Crippen LogP contribution is -2.42. The molecule has 2 aromatic rings. The smallest absolute Gasteiger partial charge is 0.259 e. The van der Waals surface area contributed by atoms with E-state index in [1.165, 1.54) is 30.8 Å². The molecule has 0 spiro atoms. The number of carbonyl (C=O) groups is 2. The number of anilines is 2. The number of piperidine rings is 1. The Labute approximate surface area is 175 Å². The van der Waals surface area contributed by atoms with Crippen LogP contribution >= 0.6 is 0 Å². The molecule has 160 valence electrons. The number of rotatable bonds is 6. The Morgan fingerprint density at radius 3 is 2.73 bits per heavy atom. The zero-order valence-electron chi connectivity index (χ0n) is 17.4. The number of amides is 2. The molecule has 1 unspecified atom stereocenters. The first-order valence-corrected chi connectivity index (χ1v) is 10.6. The lowest BCUT2D eigenvalue weighted by atomic mass is 10.0. The minimum atomic E-state index is -0.553. The van der Waals surface area contributed by atoms with Gasteiger partial charge < -0.3 is 10.6 Å². The standard InChI is InChI=1S/C22H28FN5O2/c1-14-5-3-4-10-28(14)13-20(29)25-16-8-9-18(23)19(11-16)26-22(30)17-12-24-27(2)21(17)15-6-7-15/h8-9,11-12,14-15H,3-7,10,13H2,1-2H3,(H,25,29)(H,26,30). The van der Waals surface area contributed by atoms with Gasteiger partial charge in [0.15, 0.2) is 0 Å². The van der Waals surface area contributed by atoms with Crippen molar-refractivity contribution in [2.75, 3.05) is 23.7 Å². The molecule has 2 N–H and O–H groups in total. The highest BCUT2D eigenvalue weighted by atomic mass is 19.1. The van der Waals surface area contributed by atoms with Gasteiger partial charge in [0.25, 0.3) is 5.91 Å². The predicted molar refractivity (Wildman–Crippen MR) is 113 cm³/mol. The topological polar surface area (TPSA) is 79.3 Å². The van der Waals surface area contributed by atoms with Gasteiger partial charge in [0.05, 0.1) is 29.7 Å². The average molecular weight is 413 g/mol.